The first-order valence-electron chi connectivity index (χ1n) is 9.71. The van der Waals surface area contributed by atoms with E-state index in [1.54, 1.807) is 0 Å². The van der Waals surface area contributed by atoms with Gasteiger partial charge in [0, 0.05) is 5.56 Å². The number of rotatable bonds is 13. The summed E-state index contributed by atoms with van der Waals surface area (Å²) >= 11 is 12.6. The summed E-state index contributed by atoms with van der Waals surface area (Å²) in [6, 6.07) is 5.78. The van der Waals surface area contributed by atoms with E-state index >= 15 is 0 Å². The van der Waals surface area contributed by atoms with Crippen LogP contribution in [0.5, 0.6) is 0 Å². The number of benzene rings is 1. The van der Waals surface area contributed by atoms with Crippen molar-refractivity contribution < 1.29 is 4.48 Å². The van der Waals surface area contributed by atoms with Gasteiger partial charge in [-0.1, -0.05) is 87.6 Å². The van der Waals surface area contributed by atoms with Gasteiger partial charge in [0.05, 0.1) is 30.7 Å². The molecule has 0 bridgehead atoms. The Morgan fingerprint density at radius 2 is 1.21 bits per heavy atom. The van der Waals surface area contributed by atoms with Gasteiger partial charge >= 0.3 is 0 Å². The molecule has 0 spiro atoms. The smallest absolute Gasteiger partial charge is 0.107 e. The molecule has 0 aromatic heterocycles. The predicted octanol–water partition coefficient (Wildman–Crippen LogP) is 7.49. The number of hydrogen-bond acceptors (Lipinski definition) is 0. The second-order valence-electron chi connectivity index (χ2n) is 7.70. The molecule has 0 aliphatic carbocycles. The first-order valence-corrected chi connectivity index (χ1v) is 10.5. The number of unbranched alkanes of at least 4 members (excludes halogenated alkanes) is 9. The van der Waals surface area contributed by atoms with Crippen molar-refractivity contribution in [3.05, 3.63) is 33.8 Å². The molecule has 3 heteroatoms. The van der Waals surface area contributed by atoms with E-state index in [2.05, 4.69) is 21.0 Å². The molecule has 0 fully saturated rings. The molecule has 0 heterocycles. The summed E-state index contributed by atoms with van der Waals surface area (Å²) in [6.07, 6.45) is 13.8. The second-order valence-corrected chi connectivity index (χ2v) is 8.51. The first-order chi connectivity index (χ1) is 11.5. The van der Waals surface area contributed by atoms with E-state index in [0.29, 0.717) is 0 Å². The fourth-order valence-electron chi connectivity index (χ4n) is 3.22. The Kier molecular flexibility index (Phi) is 11.1. The van der Waals surface area contributed by atoms with Gasteiger partial charge in [-0.2, -0.15) is 0 Å². The van der Waals surface area contributed by atoms with Crippen LogP contribution in [0.25, 0.3) is 0 Å². The van der Waals surface area contributed by atoms with Gasteiger partial charge in [0.25, 0.3) is 0 Å². The number of hydrogen-bond donors (Lipinski definition) is 0. The maximum atomic E-state index is 6.31. The van der Waals surface area contributed by atoms with Crippen molar-refractivity contribution in [2.75, 3.05) is 20.6 Å². The third kappa shape index (κ3) is 9.30. The molecule has 0 unspecified atom stereocenters. The van der Waals surface area contributed by atoms with Crippen LogP contribution in [-0.4, -0.2) is 25.1 Å². The summed E-state index contributed by atoms with van der Waals surface area (Å²) in [5, 5.41) is 1.58. The molecule has 138 valence electrons. The zero-order chi connectivity index (χ0) is 17.8. The van der Waals surface area contributed by atoms with Gasteiger partial charge in [-0.25, -0.2) is 0 Å². The van der Waals surface area contributed by atoms with Crippen molar-refractivity contribution in [3.8, 4) is 0 Å². The molecule has 1 aromatic carbocycles. The molecular formula is C21H36Cl2N+. The van der Waals surface area contributed by atoms with E-state index in [9.17, 15) is 0 Å². The van der Waals surface area contributed by atoms with Gasteiger partial charge in [-0.3, -0.25) is 0 Å². The van der Waals surface area contributed by atoms with Crippen LogP contribution < -0.4 is 0 Å². The van der Waals surface area contributed by atoms with E-state index in [1.165, 1.54) is 70.8 Å². The minimum Gasteiger partial charge on any atom is -0.325 e. The molecule has 1 nitrogen and oxygen atoms in total. The molecule has 0 radical (unpaired) electrons. The first kappa shape index (κ1) is 21.8. The second kappa shape index (κ2) is 12.2. The van der Waals surface area contributed by atoms with Gasteiger partial charge in [-0.15, -0.1) is 0 Å². The van der Waals surface area contributed by atoms with Gasteiger partial charge in [0.15, 0.2) is 0 Å². The van der Waals surface area contributed by atoms with Gasteiger partial charge in [0.2, 0.25) is 0 Å². The Labute approximate surface area is 159 Å². The van der Waals surface area contributed by atoms with E-state index in [0.717, 1.165) is 26.6 Å². The largest absolute Gasteiger partial charge is 0.325 e. The summed E-state index contributed by atoms with van der Waals surface area (Å²) in [5.41, 5.74) is 1.08. The zero-order valence-corrected chi connectivity index (χ0v) is 17.4. The third-order valence-corrected chi connectivity index (χ3v) is 5.47. The van der Waals surface area contributed by atoms with Crippen molar-refractivity contribution in [3.63, 3.8) is 0 Å². The predicted molar refractivity (Wildman–Crippen MR) is 109 cm³/mol. The fraction of sp³-hybridized carbons (Fsp3) is 0.714. The van der Waals surface area contributed by atoms with Crippen LogP contribution in [0.3, 0.4) is 0 Å². The van der Waals surface area contributed by atoms with Crippen LogP contribution in [0.2, 0.25) is 10.0 Å². The molecule has 0 aliphatic rings. The molecule has 1 rings (SSSR count). The van der Waals surface area contributed by atoms with E-state index in [4.69, 9.17) is 23.2 Å². The van der Waals surface area contributed by atoms with Crippen molar-refractivity contribution in [1.82, 2.24) is 0 Å². The highest BCUT2D eigenvalue weighted by atomic mass is 35.5. The maximum Gasteiger partial charge on any atom is 0.107 e. The van der Waals surface area contributed by atoms with E-state index < -0.39 is 0 Å². The Morgan fingerprint density at radius 3 is 1.71 bits per heavy atom. The highest BCUT2D eigenvalue weighted by molar-refractivity contribution is 6.35. The minimum atomic E-state index is 0.789. The van der Waals surface area contributed by atoms with Crippen molar-refractivity contribution in [2.45, 2.75) is 77.7 Å². The monoisotopic (exact) mass is 372 g/mol. The Hall–Kier alpha value is -0.240. The van der Waals surface area contributed by atoms with Crippen LogP contribution in [0, 0.1) is 0 Å². The summed E-state index contributed by atoms with van der Waals surface area (Å²) in [5.74, 6) is 0. The molecule has 0 N–H and O–H groups in total. The Bertz CT molecular complexity index is 437. The number of halogens is 2. The SMILES string of the molecule is CCCCCCCCCCCC[N+](C)(C)Cc1c(Cl)cccc1Cl. The molecule has 24 heavy (non-hydrogen) atoms. The molecule has 0 aliphatic heterocycles. The van der Waals surface area contributed by atoms with Gasteiger partial charge < -0.3 is 4.48 Å². The quantitative estimate of drug-likeness (QED) is 0.248. The maximum absolute atomic E-state index is 6.31. The number of nitrogens with zero attached hydrogens (tertiary/aromatic N) is 1. The summed E-state index contributed by atoms with van der Waals surface area (Å²) in [4.78, 5) is 0. The normalized spacial score (nSPS) is 11.9. The highest BCUT2D eigenvalue weighted by Crippen LogP contribution is 2.27. The Morgan fingerprint density at radius 1 is 0.750 bits per heavy atom. The van der Waals surface area contributed by atoms with Crippen LogP contribution in [-0.2, 0) is 6.54 Å². The minimum absolute atomic E-state index is 0.789. The average molecular weight is 373 g/mol. The van der Waals surface area contributed by atoms with E-state index in [-0.39, 0.29) is 0 Å². The van der Waals surface area contributed by atoms with Gasteiger partial charge in [0.1, 0.15) is 6.54 Å². The lowest BCUT2D eigenvalue weighted by atomic mass is 10.1. The summed E-state index contributed by atoms with van der Waals surface area (Å²) in [7, 11) is 4.54. The lowest BCUT2D eigenvalue weighted by Gasteiger charge is -2.30. The van der Waals surface area contributed by atoms with Crippen LogP contribution in [0.1, 0.15) is 76.7 Å². The van der Waals surface area contributed by atoms with Crippen molar-refractivity contribution in [2.24, 2.45) is 0 Å². The van der Waals surface area contributed by atoms with Crippen molar-refractivity contribution >= 4 is 23.2 Å². The molecule has 0 atom stereocenters. The summed E-state index contributed by atoms with van der Waals surface area (Å²) in [6.45, 7) is 4.35. The lowest BCUT2D eigenvalue weighted by Crippen LogP contribution is -2.39. The zero-order valence-electron chi connectivity index (χ0n) is 15.9. The lowest BCUT2D eigenvalue weighted by molar-refractivity contribution is -0.903. The van der Waals surface area contributed by atoms with E-state index in [1.807, 2.05) is 18.2 Å². The molecular weight excluding hydrogens is 337 g/mol. The van der Waals surface area contributed by atoms with Crippen LogP contribution >= 0.6 is 23.2 Å². The molecule has 0 saturated carbocycles. The van der Waals surface area contributed by atoms with Gasteiger partial charge in [-0.05, 0) is 25.0 Å². The molecule has 0 saturated heterocycles. The standard InChI is InChI=1S/C21H36Cl2N/c1-4-5-6-7-8-9-10-11-12-13-17-24(2,3)18-19-20(22)15-14-16-21(19)23/h14-16H,4-13,17-18H2,1-3H3/q+1. The van der Waals surface area contributed by atoms with Crippen LogP contribution in [0.15, 0.2) is 18.2 Å². The molecule has 1 aromatic rings. The third-order valence-electron chi connectivity index (χ3n) is 4.76. The van der Waals surface area contributed by atoms with Crippen LogP contribution in [0.4, 0.5) is 0 Å². The Balaban J connectivity index is 2.15. The van der Waals surface area contributed by atoms with Crippen molar-refractivity contribution in [1.29, 1.82) is 0 Å². The average Bonchev–Trinajstić information content (AvgIpc) is 2.53. The summed E-state index contributed by atoms with van der Waals surface area (Å²) < 4.78 is 0.945. The molecule has 0 amide bonds. The number of quaternary nitrogens is 1. The fourth-order valence-corrected chi connectivity index (χ4v) is 3.73. The highest BCUT2D eigenvalue weighted by Gasteiger charge is 2.19. The topological polar surface area (TPSA) is 0 Å².